The molecule has 1 N–H and O–H groups in total. The molecule has 3 amide bonds. The SMILES string of the molecule is COC(=O)CCN(CCO)C(=O)C(C)N1C(=O)c2ccccc2C1=O. The van der Waals surface area contributed by atoms with Crippen LogP contribution in [0.4, 0.5) is 0 Å². The predicted octanol–water partition coefficient (Wildman–Crippen LogP) is 0.0551. The van der Waals surface area contributed by atoms with Crippen LogP contribution in [0.5, 0.6) is 0 Å². The second-order valence-electron chi connectivity index (χ2n) is 5.58. The molecule has 8 nitrogen and oxygen atoms in total. The lowest BCUT2D eigenvalue weighted by molar-refractivity contribution is -0.142. The molecule has 0 aliphatic carbocycles. The van der Waals surface area contributed by atoms with Gasteiger partial charge in [0.2, 0.25) is 5.91 Å². The lowest BCUT2D eigenvalue weighted by Gasteiger charge is -2.28. The first kappa shape index (κ1) is 18.6. The first-order valence-corrected chi connectivity index (χ1v) is 7.85. The number of esters is 1. The van der Waals surface area contributed by atoms with Crippen LogP contribution < -0.4 is 0 Å². The van der Waals surface area contributed by atoms with Crippen molar-refractivity contribution in [3.05, 3.63) is 35.4 Å². The molecule has 2 rings (SSSR count). The Bertz CT molecular complexity index is 667. The molecule has 1 aromatic rings. The highest BCUT2D eigenvalue weighted by molar-refractivity contribution is 6.22. The average Bonchev–Trinajstić information content (AvgIpc) is 2.88. The van der Waals surface area contributed by atoms with Crippen molar-refractivity contribution in [1.82, 2.24) is 9.80 Å². The molecule has 1 aromatic carbocycles. The highest BCUT2D eigenvalue weighted by Crippen LogP contribution is 2.25. The van der Waals surface area contributed by atoms with Crippen molar-refractivity contribution >= 4 is 23.7 Å². The number of carbonyl (C=O) groups excluding carboxylic acids is 4. The van der Waals surface area contributed by atoms with Gasteiger partial charge < -0.3 is 14.7 Å². The number of hydrogen-bond acceptors (Lipinski definition) is 6. The minimum absolute atomic E-state index is 0.0106. The third kappa shape index (κ3) is 3.69. The molecule has 0 spiro atoms. The maximum Gasteiger partial charge on any atom is 0.307 e. The molecular weight excluding hydrogens is 328 g/mol. The summed E-state index contributed by atoms with van der Waals surface area (Å²) in [5.74, 6) is -2.08. The van der Waals surface area contributed by atoms with Crippen LogP contribution in [0.15, 0.2) is 24.3 Å². The van der Waals surface area contributed by atoms with Gasteiger partial charge in [0.15, 0.2) is 0 Å². The molecule has 0 radical (unpaired) electrons. The molecule has 134 valence electrons. The van der Waals surface area contributed by atoms with Crippen molar-refractivity contribution < 1.29 is 29.0 Å². The lowest BCUT2D eigenvalue weighted by atomic mass is 10.1. The Balaban J connectivity index is 2.16. The maximum atomic E-state index is 12.7. The van der Waals surface area contributed by atoms with Gasteiger partial charge in [-0.1, -0.05) is 12.1 Å². The van der Waals surface area contributed by atoms with Crippen LogP contribution in [0, 0.1) is 0 Å². The van der Waals surface area contributed by atoms with Crippen molar-refractivity contribution in [1.29, 1.82) is 0 Å². The molecule has 1 aliphatic rings. The van der Waals surface area contributed by atoms with Gasteiger partial charge in [-0.2, -0.15) is 0 Å². The highest BCUT2D eigenvalue weighted by Gasteiger charge is 2.41. The van der Waals surface area contributed by atoms with Crippen LogP contribution in [0.1, 0.15) is 34.1 Å². The van der Waals surface area contributed by atoms with E-state index in [0.29, 0.717) is 0 Å². The smallest absolute Gasteiger partial charge is 0.307 e. The number of imide groups is 1. The van der Waals surface area contributed by atoms with Crippen LogP contribution >= 0.6 is 0 Å². The van der Waals surface area contributed by atoms with E-state index in [9.17, 15) is 19.2 Å². The molecule has 1 heterocycles. The van der Waals surface area contributed by atoms with E-state index in [4.69, 9.17) is 5.11 Å². The zero-order chi connectivity index (χ0) is 18.6. The van der Waals surface area contributed by atoms with E-state index < -0.39 is 29.7 Å². The molecule has 25 heavy (non-hydrogen) atoms. The fourth-order valence-corrected chi connectivity index (χ4v) is 2.72. The van der Waals surface area contributed by atoms with Crippen molar-refractivity contribution in [3.63, 3.8) is 0 Å². The summed E-state index contributed by atoms with van der Waals surface area (Å²) in [6, 6.07) is 5.32. The minimum atomic E-state index is -1.04. The van der Waals surface area contributed by atoms with E-state index in [1.165, 1.54) is 31.1 Å². The lowest BCUT2D eigenvalue weighted by Crippen LogP contribution is -2.50. The van der Waals surface area contributed by atoms with Gasteiger partial charge in [0.1, 0.15) is 6.04 Å². The number of amides is 3. The van der Waals surface area contributed by atoms with Gasteiger partial charge in [-0.15, -0.1) is 0 Å². The normalized spacial score (nSPS) is 14.3. The van der Waals surface area contributed by atoms with Gasteiger partial charge in [-0.3, -0.25) is 24.1 Å². The molecule has 1 atom stereocenters. The van der Waals surface area contributed by atoms with Gasteiger partial charge in [-0.25, -0.2) is 0 Å². The van der Waals surface area contributed by atoms with E-state index in [1.54, 1.807) is 12.1 Å². The quantitative estimate of drug-likeness (QED) is 0.552. The van der Waals surface area contributed by atoms with Gasteiger partial charge >= 0.3 is 5.97 Å². The largest absolute Gasteiger partial charge is 0.469 e. The Hall–Kier alpha value is -2.74. The zero-order valence-electron chi connectivity index (χ0n) is 14.1. The molecule has 0 bridgehead atoms. The summed E-state index contributed by atoms with van der Waals surface area (Å²) < 4.78 is 4.54. The molecule has 0 aromatic heterocycles. The van der Waals surface area contributed by atoms with E-state index in [0.717, 1.165) is 4.90 Å². The summed E-state index contributed by atoms with van der Waals surface area (Å²) in [5, 5.41) is 9.14. The molecule has 0 fully saturated rings. The number of aliphatic hydroxyl groups excluding tert-OH is 1. The van der Waals surface area contributed by atoms with Crippen LogP contribution in [0.2, 0.25) is 0 Å². The van der Waals surface area contributed by atoms with E-state index in [1.807, 2.05) is 0 Å². The van der Waals surface area contributed by atoms with Crippen molar-refractivity contribution in [2.45, 2.75) is 19.4 Å². The van der Waals surface area contributed by atoms with Gasteiger partial charge in [0, 0.05) is 13.1 Å². The monoisotopic (exact) mass is 348 g/mol. The maximum absolute atomic E-state index is 12.7. The summed E-state index contributed by atoms with van der Waals surface area (Å²) in [4.78, 5) is 51.0. The van der Waals surface area contributed by atoms with Crippen molar-refractivity contribution in [3.8, 4) is 0 Å². The summed E-state index contributed by atoms with van der Waals surface area (Å²) >= 11 is 0. The summed E-state index contributed by atoms with van der Waals surface area (Å²) in [7, 11) is 1.24. The summed E-state index contributed by atoms with van der Waals surface area (Å²) in [6.45, 7) is 1.16. The molecule has 0 saturated heterocycles. The number of ether oxygens (including phenoxy) is 1. The first-order valence-electron chi connectivity index (χ1n) is 7.85. The number of rotatable bonds is 7. The highest BCUT2D eigenvalue weighted by atomic mass is 16.5. The Kier molecular flexibility index (Phi) is 5.87. The second kappa shape index (κ2) is 7.89. The van der Waals surface area contributed by atoms with Gasteiger partial charge in [0.25, 0.3) is 11.8 Å². The molecule has 1 aliphatic heterocycles. The third-order valence-electron chi connectivity index (χ3n) is 4.07. The molecule has 1 unspecified atom stereocenters. The van der Waals surface area contributed by atoms with Gasteiger partial charge in [-0.05, 0) is 19.1 Å². The van der Waals surface area contributed by atoms with Crippen LogP contribution in [0.3, 0.4) is 0 Å². The number of fused-ring (bicyclic) bond motifs is 1. The van der Waals surface area contributed by atoms with E-state index >= 15 is 0 Å². The van der Waals surface area contributed by atoms with Crippen LogP contribution in [0.25, 0.3) is 0 Å². The Morgan fingerprint density at radius 3 is 2.20 bits per heavy atom. The predicted molar refractivity (Wildman–Crippen MR) is 86.7 cm³/mol. The Morgan fingerprint density at radius 1 is 1.16 bits per heavy atom. The first-order chi connectivity index (χ1) is 11.9. The number of hydrogen-bond donors (Lipinski definition) is 1. The number of aliphatic hydroxyl groups is 1. The van der Waals surface area contributed by atoms with E-state index in [-0.39, 0.29) is 37.2 Å². The third-order valence-corrected chi connectivity index (χ3v) is 4.07. The number of carbonyl (C=O) groups is 4. The fraction of sp³-hybridized carbons (Fsp3) is 0.412. The van der Waals surface area contributed by atoms with Crippen LogP contribution in [-0.2, 0) is 14.3 Å². The molecule has 0 saturated carbocycles. The summed E-state index contributed by atoms with van der Waals surface area (Å²) in [6.07, 6.45) is -0.0446. The topological polar surface area (TPSA) is 104 Å². The fourth-order valence-electron chi connectivity index (χ4n) is 2.72. The Morgan fingerprint density at radius 2 is 1.72 bits per heavy atom. The zero-order valence-corrected chi connectivity index (χ0v) is 14.1. The Labute approximate surface area is 145 Å². The molecule has 8 heteroatoms. The number of nitrogens with zero attached hydrogens (tertiary/aromatic N) is 2. The van der Waals surface area contributed by atoms with Crippen molar-refractivity contribution in [2.24, 2.45) is 0 Å². The number of methoxy groups -OCH3 is 1. The minimum Gasteiger partial charge on any atom is -0.469 e. The molecular formula is C17H20N2O6. The standard InChI is InChI=1S/C17H20N2O6/c1-11(15(22)18(9-10-20)8-7-14(21)25-2)19-16(23)12-5-3-4-6-13(12)17(19)24/h3-6,11,20H,7-10H2,1-2H3. The number of benzene rings is 1. The second-order valence-corrected chi connectivity index (χ2v) is 5.58. The summed E-state index contributed by atoms with van der Waals surface area (Å²) in [5.41, 5.74) is 0.519. The average molecular weight is 348 g/mol. The van der Waals surface area contributed by atoms with Gasteiger partial charge in [0.05, 0.1) is 31.3 Å². The van der Waals surface area contributed by atoms with Crippen molar-refractivity contribution in [2.75, 3.05) is 26.8 Å². The van der Waals surface area contributed by atoms with E-state index in [2.05, 4.69) is 4.74 Å². The van der Waals surface area contributed by atoms with Crippen LogP contribution in [-0.4, -0.2) is 71.4 Å².